The van der Waals surface area contributed by atoms with E-state index in [1.165, 1.54) is 0 Å². The van der Waals surface area contributed by atoms with Crippen LogP contribution in [0.5, 0.6) is 11.5 Å². The summed E-state index contributed by atoms with van der Waals surface area (Å²) in [4.78, 5) is 8.75. The van der Waals surface area contributed by atoms with Crippen LogP contribution in [-0.4, -0.2) is 39.7 Å². The molecule has 0 radical (unpaired) electrons. The first-order valence-electron chi connectivity index (χ1n) is 7.11. The van der Waals surface area contributed by atoms with Crippen LogP contribution in [0, 0.1) is 0 Å². The molecule has 0 aromatic heterocycles. The first-order chi connectivity index (χ1) is 10.8. The Bertz CT molecular complexity index is 594. The van der Waals surface area contributed by atoms with Gasteiger partial charge in [0.05, 0.1) is 27.3 Å². The van der Waals surface area contributed by atoms with Gasteiger partial charge in [-0.3, -0.25) is 9.98 Å². The van der Waals surface area contributed by atoms with Gasteiger partial charge in [0.15, 0.2) is 0 Å². The predicted molar refractivity (Wildman–Crippen MR) is 90.9 cm³/mol. The van der Waals surface area contributed by atoms with E-state index in [9.17, 15) is 0 Å². The maximum Gasteiger partial charge on any atom is 0.127 e. The third-order valence-corrected chi connectivity index (χ3v) is 3.10. The van der Waals surface area contributed by atoms with Crippen molar-refractivity contribution in [3.05, 3.63) is 59.7 Å². The molecule has 0 saturated carbocycles. The Morgan fingerprint density at radius 1 is 0.727 bits per heavy atom. The van der Waals surface area contributed by atoms with Crippen molar-refractivity contribution in [2.45, 2.75) is 0 Å². The van der Waals surface area contributed by atoms with E-state index in [0.717, 1.165) is 22.6 Å². The van der Waals surface area contributed by atoms with E-state index in [-0.39, 0.29) is 0 Å². The highest BCUT2D eigenvalue weighted by Crippen LogP contribution is 2.15. The normalized spacial score (nSPS) is 11.2. The van der Waals surface area contributed by atoms with E-state index in [0.29, 0.717) is 13.1 Å². The van der Waals surface area contributed by atoms with Gasteiger partial charge in [-0.2, -0.15) is 0 Å². The Labute approximate surface area is 131 Å². The molecule has 4 heteroatoms. The molecular formula is C18H20N2O2. The van der Waals surface area contributed by atoms with Crippen LogP contribution >= 0.6 is 0 Å². The molecule has 0 saturated heterocycles. The molecule has 2 aromatic rings. The van der Waals surface area contributed by atoms with E-state index in [2.05, 4.69) is 9.98 Å². The fourth-order valence-corrected chi connectivity index (χ4v) is 1.99. The summed E-state index contributed by atoms with van der Waals surface area (Å²) in [5.41, 5.74) is 1.94. The number of para-hydroxylation sites is 2. The summed E-state index contributed by atoms with van der Waals surface area (Å²) in [6.07, 6.45) is 3.63. The van der Waals surface area contributed by atoms with Crippen LogP contribution in [0.25, 0.3) is 0 Å². The summed E-state index contributed by atoms with van der Waals surface area (Å²) in [5, 5.41) is 0. The molecule has 0 bridgehead atoms. The molecule has 2 rings (SSSR count). The van der Waals surface area contributed by atoms with Crippen LogP contribution in [0.2, 0.25) is 0 Å². The van der Waals surface area contributed by atoms with Crippen molar-refractivity contribution in [3.8, 4) is 11.5 Å². The molecule has 0 aliphatic carbocycles. The molecule has 114 valence electrons. The van der Waals surface area contributed by atoms with Gasteiger partial charge in [-0.15, -0.1) is 0 Å². The monoisotopic (exact) mass is 296 g/mol. The predicted octanol–water partition coefficient (Wildman–Crippen LogP) is 3.24. The zero-order valence-corrected chi connectivity index (χ0v) is 12.9. The highest BCUT2D eigenvalue weighted by atomic mass is 16.5. The van der Waals surface area contributed by atoms with Crippen LogP contribution in [0.15, 0.2) is 58.5 Å². The van der Waals surface area contributed by atoms with E-state index in [1.54, 1.807) is 14.2 Å². The average molecular weight is 296 g/mol. The first-order valence-corrected chi connectivity index (χ1v) is 7.11. The Hall–Kier alpha value is -2.62. The van der Waals surface area contributed by atoms with Gasteiger partial charge in [-0.25, -0.2) is 0 Å². The molecule has 0 N–H and O–H groups in total. The molecule has 0 spiro atoms. The SMILES string of the molecule is COc1ccccc1C=NCCN=Cc1ccccc1OC. The van der Waals surface area contributed by atoms with E-state index >= 15 is 0 Å². The van der Waals surface area contributed by atoms with Crippen molar-refractivity contribution in [3.63, 3.8) is 0 Å². The number of aliphatic imine (C=N–C) groups is 2. The highest BCUT2D eigenvalue weighted by molar-refractivity contribution is 5.84. The van der Waals surface area contributed by atoms with Crippen molar-refractivity contribution in [2.24, 2.45) is 9.98 Å². The fraction of sp³-hybridized carbons (Fsp3) is 0.222. The topological polar surface area (TPSA) is 43.2 Å². The van der Waals surface area contributed by atoms with Crippen molar-refractivity contribution in [1.82, 2.24) is 0 Å². The minimum absolute atomic E-state index is 0.629. The van der Waals surface area contributed by atoms with E-state index in [1.807, 2.05) is 61.0 Å². The standard InChI is InChI=1S/C18H20N2O2/c1-21-17-9-5-3-7-15(17)13-19-11-12-20-14-16-8-4-6-10-18(16)22-2/h3-10,13-14H,11-12H2,1-2H3. The zero-order valence-electron chi connectivity index (χ0n) is 12.9. The molecule has 0 unspecified atom stereocenters. The van der Waals surface area contributed by atoms with Crippen molar-refractivity contribution in [1.29, 1.82) is 0 Å². The Morgan fingerprint density at radius 2 is 1.14 bits per heavy atom. The number of benzene rings is 2. The zero-order chi connectivity index (χ0) is 15.6. The second kappa shape index (κ2) is 8.62. The summed E-state index contributed by atoms with van der Waals surface area (Å²) in [7, 11) is 3.31. The first kappa shape index (κ1) is 15.8. The number of hydrogen-bond donors (Lipinski definition) is 0. The Morgan fingerprint density at radius 3 is 1.55 bits per heavy atom. The van der Waals surface area contributed by atoms with E-state index in [4.69, 9.17) is 9.47 Å². The molecule has 22 heavy (non-hydrogen) atoms. The van der Waals surface area contributed by atoms with Crippen molar-refractivity contribution < 1.29 is 9.47 Å². The molecule has 4 nitrogen and oxygen atoms in total. The van der Waals surface area contributed by atoms with Gasteiger partial charge < -0.3 is 9.47 Å². The van der Waals surface area contributed by atoms with Gasteiger partial charge in [0.25, 0.3) is 0 Å². The minimum Gasteiger partial charge on any atom is -0.496 e. The highest BCUT2D eigenvalue weighted by Gasteiger charge is 1.97. The summed E-state index contributed by atoms with van der Waals surface area (Å²) in [5.74, 6) is 1.65. The molecule has 0 heterocycles. The largest absolute Gasteiger partial charge is 0.496 e. The van der Waals surface area contributed by atoms with Crippen LogP contribution in [0.4, 0.5) is 0 Å². The lowest BCUT2D eigenvalue weighted by Crippen LogP contribution is -1.94. The number of hydrogen-bond acceptors (Lipinski definition) is 4. The maximum absolute atomic E-state index is 5.27. The average Bonchev–Trinajstić information content (AvgIpc) is 2.58. The smallest absolute Gasteiger partial charge is 0.127 e. The number of methoxy groups -OCH3 is 2. The summed E-state index contributed by atoms with van der Waals surface area (Å²) in [6.45, 7) is 1.26. The van der Waals surface area contributed by atoms with E-state index < -0.39 is 0 Å². The van der Waals surface area contributed by atoms with Gasteiger partial charge in [-0.1, -0.05) is 24.3 Å². The minimum atomic E-state index is 0.629. The molecule has 0 aliphatic heterocycles. The molecule has 0 amide bonds. The van der Waals surface area contributed by atoms with Crippen LogP contribution in [0.1, 0.15) is 11.1 Å². The summed E-state index contributed by atoms with van der Waals surface area (Å²) >= 11 is 0. The maximum atomic E-state index is 5.27. The fourth-order valence-electron chi connectivity index (χ4n) is 1.99. The van der Waals surface area contributed by atoms with Gasteiger partial charge >= 0.3 is 0 Å². The molecule has 0 fully saturated rings. The number of ether oxygens (including phenoxy) is 2. The quantitative estimate of drug-likeness (QED) is 0.581. The third-order valence-electron chi connectivity index (χ3n) is 3.10. The Kier molecular flexibility index (Phi) is 6.18. The third kappa shape index (κ3) is 4.45. The van der Waals surface area contributed by atoms with Crippen molar-refractivity contribution in [2.75, 3.05) is 27.3 Å². The number of nitrogens with zero attached hydrogens (tertiary/aromatic N) is 2. The lowest BCUT2D eigenvalue weighted by atomic mass is 10.2. The molecule has 2 aromatic carbocycles. The Balaban J connectivity index is 1.86. The lowest BCUT2D eigenvalue weighted by Gasteiger charge is -2.03. The van der Waals surface area contributed by atoms with Gasteiger partial charge in [-0.05, 0) is 24.3 Å². The summed E-state index contributed by atoms with van der Waals surface area (Å²) in [6, 6.07) is 15.6. The second-order valence-electron chi connectivity index (χ2n) is 4.55. The van der Waals surface area contributed by atoms with Gasteiger partial charge in [0, 0.05) is 23.6 Å². The van der Waals surface area contributed by atoms with Crippen LogP contribution in [0.3, 0.4) is 0 Å². The molecular weight excluding hydrogens is 276 g/mol. The summed E-state index contributed by atoms with van der Waals surface area (Å²) < 4.78 is 10.5. The number of rotatable bonds is 7. The molecule has 0 atom stereocenters. The van der Waals surface area contributed by atoms with Gasteiger partial charge in [0.2, 0.25) is 0 Å². The van der Waals surface area contributed by atoms with Crippen LogP contribution < -0.4 is 9.47 Å². The second-order valence-corrected chi connectivity index (χ2v) is 4.55. The van der Waals surface area contributed by atoms with Gasteiger partial charge in [0.1, 0.15) is 11.5 Å². The lowest BCUT2D eigenvalue weighted by molar-refractivity contribution is 0.414. The van der Waals surface area contributed by atoms with Crippen LogP contribution in [-0.2, 0) is 0 Å². The molecule has 0 aliphatic rings. The van der Waals surface area contributed by atoms with Crippen molar-refractivity contribution >= 4 is 12.4 Å².